The average Bonchev–Trinajstić information content (AvgIpc) is 2.86. The van der Waals surface area contributed by atoms with Gasteiger partial charge in [0.15, 0.2) is 0 Å². The minimum absolute atomic E-state index is 0.0748. The summed E-state index contributed by atoms with van der Waals surface area (Å²) in [5, 5.41) is 7.35. The molecule has 1 N–H and O–H groups in total. The summed E-state index contributed by atoms with van der Waals surface area (Å²) in [7, 11) is 1.51. The van der Waals surface area contributed by atoms with Crippen LogP contribution in [0.25, 0.3) is 5.69 Å². The van der Waals surface area contributed by atoms with Crippen molar-refractivity contribution in [2.75, 3.05) is 20.3 Å². The maximum atomic E-state index is 11.3. The summed E-state index contributed by atoms with van der Waals surface area (Å²) < 4.78 is 6.66. The molecular formula is C16H21N3O2. The van der Waals surface area contributed by atoms with Gasteiger partial charge in [0.25, 0.3) is 0 Å². The van der Waals surface area contributed by atoms with Gasteiger partial charge in [0.1, 0.15) is 6.61 Å². The first-order valence-corrected chi connectivity index (χ1v) is 7.07. The normalized spacial score (nSPS) is 10.6. The van der Waals surface area contributed by atoms with Crippen LogP contribution in [0.1, 0.15) is 17.7 Å². The number of hydrogen-bond donors (Lipinski definition) is 1. The maximum absolute atomic E-state index is 11.3. The lowest BCUT2D eigenvalue weighted by Crippen LogP contribution is -2.28. The van der Waals surface area contributed by atoms with Crippen molar-refractivity contribution in [3.8, 4) is 5.69 Å². The van der Waals surface area contributed by atoms with E-state index in [-0.39, 0.29) is 12.5 Å². The van der Waals surface area contributed by atoms with Gasteiger partial charge in [0.2, 0.25) is 5.91 Å². The van der Waals surface area contributed by atoms with Gasteiger partial charge < -0.3 is 10.1 Å². The Morgan fingerprint density at radius 3 is 2.81 bits per heavy atom. The number of aromatic nitrogens is 2. The molecule has 5 heteroatoms. The van der Waals surface area contributed by atoms with Crippen LogP contribution in [0.2, 0.25) is 0 Å². The van der Waals surface area contributed by atoms with Gasteiger partial charge in [-0.1, -0.05) is 18.2 Å². The molecule has 112 valence electrons. The first kappa shape index (κ1) is 15.3. The van der Waals surface area contributed by atoms with Gasteiger partial charge >= 0.3 is 0 Å². The Kier molecular flexibility index (Phi) is 5.51. The molecule has 0 saturated carbocycles. The number of nitrogens with one attached hydrogen (secondary N) is 1. The number of hydrogen-bond acceptors (Lipinski definition) is 3. The van der Waals surface area contributed by atoms with Crippen molar-refractivity contribution in [1.29, 1.82) is 0 Å². The van der Waals surface area contributed by atoms with E-state index in [0.29, 0.717) is 6.54 Å². The van der Waals surface area contributed by atoms with Crippen molar-refractivity contribution < 1.29 is 9.53 Å². The SMILES string of the molecule is COCC(=O)NCCCc1cn(-c2ccccc2)nc1C. The predicted octanol–water partition coefficient (Wildman–Crippen LogP) is 1.88. The molecule has 0 unspecified atom stereocenters. The molecule has 1 aromatic heterocycles. The standard InChI is InChI=1S/C16H21N3O2/c1-13-14(7-6-10-17-16(20)12-21-2)11-19(18-13)15-8-4-3-5-9-15/h3-5,8-9,11H,6-7,10,12H2,1-2H3,(H,17,20). The van der Waals surface area contributed by atoms with Crippen LogP contribution in [0, 0.1) is 6.92 Å². The number of carbonyl (C=O) groups excluding carboxylic acids is 1. The molecule has 0 aliphatic heterocycles. The van der Waals surface area contributed by atoms with E-state index in [2.05, 4.69) is 16.6 Å². The van der Waals surface area contributed by atoms with E-state index in [0.717, 1.165) is 24.2 Å². The van der Waals surface area contributed by atoms with E-state index < -0.39 is 0 Å². The number of rotatable bonds is 7. The second-order valence-corrected chi connectivity index (χ2v) is 4.91. The molecule has 1 heterocycles. The van der Waals surface area contributed by atoms with Crippen LogP contribution < -0.4 is 5.32 Å². The summed E-state index contributed by atoms with van der Waals surface area (Å²) in [5.74, 6) is -0.0748. The molecule has 0 fully saturated rings. The van der Waals surface area contributed by atoms with Crippen molar-refractivity contribution in [3.05, 3.63) is 47.8 Å². The van der Waals surface area contributed by atoms with Gasteiger partial charge in [-0.15, -0.1) is 0 Å². The first-order valence-electron chi connectivity index (χ1n) is 7.07. The molecule has 1 aromatic carbocycles. The third-order valence-corrected chi connectivity index (χ3v) is 3.24. The number of nitrogens with zero attached hydrogens (tertiary/aromatic N) is 2. The van der Waals surface area contributed by atoms with Gasteiger partial charge in [0, 0.05) is 19.9 Å². The van der Waals surface area contributed by atoms with Crippen LogP contribution in [-0.2, 0) is 16.0 Å². The molecule has 0 saturated heterocycles. The fraction of sp³-hybridized carbons (Fsp3) is 0.375. The summed E-state index contributed by atoms with van der Waals surface area (Å²) >= 11 is 0. The smallest absolute Gasteiger partial charge is 0.245 e. The highest BCUT2D eigenvalue weighted by molar-refractivity contribution is 5.77. The Morgan fingerprint density at radius 2 is 2.10 bits per heavy atom. The number of benzene rings is 1. The molecule has 21 heavy (non-hydrogen) atoms. The number of para-hydroxylation sites is 1. The highest BCUT2D eigenvalue weighted by Gasteiger charge is 2.06. The Hall–Kier alpha value is -2.14. The van der Waals surface area contributed by atoms with Crippen molar-refractivity contribution in [3.63, 3.8) is 0 Å². The zero-order chi connectivity index (χ0) is 15.1. The zero-order valence-corrected chi connectivity index (χ0v) is 12.5. The Morgan fingerprint density at radius 1 is 1.33 bits per heavy atom. The fourth-order valence-corrected chi connectivity index (χ4v) is 2.14. The van der Waals surface area contributed by atoms with E-state index in [9.17, 15) is 4.79 Å². The van der Waals surface area contributed by atoms with Crippen molar-refractivity contribution in [2.45, 2.75) is 19.8 Å². The first-order chi connectivity index (χ1) is 10.2. The minimum Gasteiger partial charge on any atom is -0.375 e. The lowest BCUT2D eigenvalue weighted by atomic mass is 10.1. The van der Waals surface area contributed by atoms with Crippen molar-refractivity contribution in [2.24, 2.45) is 0 Å². The van der Waals surface area contributed by atoms with Crippen LogP contribution >= 0.6 is 0 Å². The third kappa shape index (κ3) is 4.43. The molecule has 0 bridgehead atoms. The summed E-state index contributed by atoms with van der Waals surface area (Å²) in [6.07, 6.45) is 3.84. The van der Waals surface area contributed by atoms with Crippen LogP contribution in [0.15, 0.2) is 36.5 Å². The topological polar surface area (TPSA) is 56.1 Å². The molecule has 0 aliphatic rings. The monoisotopic (exact) mass is 287 g/mol. The van der Waals surface area contributed by atoms with E-state index >= 15 is 0 Å². The summed E-state index contributed by atoms with van der Waals surface area (Å²) in [5.41, 5.74) is 3.29. The highest BCUT2D eigenvalue weighted by Crippen LogP contribution is 2.13. The lowest BCUT2D eigenvalue weighted by Gasteiger charge is -2.03. The Bertz CT molecular complexity index is 578. The largest absolute Gasteiger partial charge is 0.375 e. The molecule has 2 aromatic rings. The van der Waals surface area contributed by atoms with E-state index in [1.54, 1.807) is 0 Å². The molecule has 1 amide bonds. The van der Waals surface area contributed by atoms with Gasteiger partial charge in [-0.2, -0.15) is 5.10 Å². The van der Waals surface area contributed by atoms with Crippen LogP contribution in [0.4, 0.5) is 0 Å². The molecular weight excluding hydrogens is 266 g/mol. The Labute approximate surface area is 124 Å². The second kappa shape index (κ2) is 7.59. The molecule has 0 aliphatic carbocycles. The quantitative estimate of drug-likeness (QED) is 0.791. The molecule has 0 atom stereocenters. The fourth-order valence-electron chi connectivity index (χ4n) is 2.14. The van der Waals surface area contributed by atoms with Crippen molar-refractivity contribution in [1.82, 2.24) is 15.1 Å². The predicted molar refractivity (Wildman–Crippen MR) is 81.5 cm³/mol. The molecule has 0 spiro atoms. The second-order valence-electron chi connectivity index (χ2n) is 4.91. The van der Waals surface area contributed by atoms with E-state index in [1.165, 1.54) is 12.7 Å². The Balaban J connectivity index is 1.87. The zero-order valence-electron chi connectivity index (χ0n) is 12.5. The number of amides is 1. The van der Waals surface area contributed by atoms with E-state index in [4.69, 9.17) is 4.74 Å². The van der Waals surface area contributed by atoms with Crippen molar-refractivity contribution >= 4 is 5.91 Å². The molecule has 5 nitrogen and oxygen atoms in total. The number of methoxy groups -OCH3 is 1. The van der Waals surface area contributed by atoms with Crippen LogP contribution in [0.3, 0.4) is 0 Å². The minimum atomic E-state index is -0.0748. The van der Waals surface area contributed by atoms with Crippen LogP contribution in [0.5, 0.6) is 0 Å². The molecule has 2 rings (SSSR count). The summed E-state index contributed by atoms with van der Waals surface area (Å²) in [6.45, 7) is 2.78. The van der Waals surface area contributed by atoms with E-state index in [1.807, 2.05) is 41.9 Å². The van der Waals surface area contributed by atoms with Gasteiger partial charge in [-0.05, 0) is 37.5 Å². The average molecular weight is 287 g/mol. The van der Waals surface area contributed by atoms with Crippen LogP contribution in [-0.4, -0.2) is 35.9 Å². The highest BCUT2D eigenvalue weighted by atomic mass is 16.5. The summed E-state index contributed by atoms with van der Waals surface area (Å²) in [4.78, 5) is 11.3. The third-order valence-electron chi connectivity index (χ3n) is 3.24. The summed E-state index contributed by atoms with van der Waals surface area (Å²) in [6, 6.07) is 10.0. The van der Waals surface area contributed by atoms with Gasteiger partial charge in [-0.3, -0.25) is 4.79 Å². The lowest BCUT2D eigenvalue weighted by molar-refractivity contribution is -0.124. The van der Waals surface area contributed by atoms with Gasteiger partial charge in [-0.25, -0.2) is 4.68 Å². The van der Waals surface area contributed by atoms with Gasteiger partial charge in [0.05, 0.1) is 11.4 Å². The maximum Gasteiger partial charge on any atom is 0.245 e. The number of carbonyl (C=O) groups is 1. The number of aryl methyl sites for hydroxylation is 2. The number of ether oxygens (including phenoxy) is 1. The molecule has 0 radical (unpaired) electrons.